The lowest BCUT2D eigenvalue weighted by atomic mass is 9.79. The number of hydrogen-bond acceptors (Lipinski definition) is 1. The summed E-state index contributed by atoms with van der Waals surface area (Å²) >= 11 is 0. The van der Waals surface area contributed by atoms with Gasteiger partial charge in [-0.05, 0) is 30.4 Å². The molecule has 1 aliphatic rings. The predicted octanol–water partition coefficient (Wildman–Crippen LogP) is 3.90. The van der Waals surface area contributed by atoms with Gasteiger partial charge in [0.05, 0.1) is 0 Å². The molecule has 0 atom stereocenters. The van der Waals surface area contributed by atoms with Crippen molar-refractivity contribution in [3.63, 3.8) is 0 Å². The Labute approximate surface area is 116 Å². The quantitative estimate of drug-likeness (QED) is 0.752. The zero-order chi connectivity index (χ0) is 13.9. The zero-order valence-electron chi connectivity index (χ0n) is 12.1. The number of carbonyl (C=O) groups excluding carboxylic acids is 1. The number of carbonyl (C=O) groups is 1. The average Bonchev–Trinajstić information content (AvgIpc) is 2.47. The highest BCUT2D eigenvalue weighted by atomic mass is 16.2. The molecule has 0 radical (unpaired) electrons. The Balaban J connectivity index is 2.06. The van der Waals surface area contributed by atoms with Gasteiger partial charge in [-0.3, -0.25) is 4.79 Å². The zero-order valence-corrected chi connectivity index (χ0v) is 12.1. The molecule has 1 aliphatic heterocycles. The Morgan fingerprint density at radius 1 is 1.26 bits per heavy atom. The topological polar surface area (TPSA) is 20.3 Å². The standard InChI is InChI=1S/C17H23NO/c1-4-17(2,3)15-10-12-18(13-11-15)16(19)14-8-6-5-7-9-14/h5-10H,4,11-13H2,1-3H3. The SMILES string of the molecule is CCC(C)(C)C1=CCN(C(=O)c2ccccc2)CC1. The van der Waals surface area contributed by atoms with Gasteiger partial charge in [0.1, 0.15) is 0 Å². The molecule has 1 heterocycles. The molecule has 2 rings (SSSR count). The van der Waals surface area contributed by atoms with Crippen molar-refractivity contribution in [2.75, 3.05) is 13.1 Å². The molecular weight excluding hydrogens is 234 g/mol. The van der Waals surface area contributed by atoms with E-state index in [2.05, 4.69) is 26.8 Å². The van der Waals surface area contributed by atoms with E-state index in [0.29, 0.717) is 0 Å². The van der Waals surface area contributed by atoms with Crippen LogP contribution < -0.4 is 0 Å². The fourth-order valence-corrected chi connectivity index (χ4v) is 2.46. The molecule has 0 spiro atoms. The normalized spacial score (nSPS) is 16.2. The van der Waals surface area contributed by atoms with E-state index in [0.717, 1.165) is 31.5 Å². The van der Waals surface area contributed by atoms with E-state index >= 15 is 0 Å². The van der Waals surface area contributed by atoms with E-state index in [1.54, 1.807) is 0 Å². The Kier molecular flexibility index (Phi) is 4.08. The van der Waals surface area contributed by atoms with Crippen LogP contribution in [0.1, 0.15) is 44.0 Å². The van der Waals surface area contributed by atoms with Crippen LogP contribution in [-0.2, 0) is 0 Å². The van der Waals surface area contributed by atoms with Crippen LogP contribution in [0.2, 0.25) is 0 Å². The molecule has 0 aromatic heterocycles. The Hall–Kier alpha value is -1.57. The first-order chi connectivity index (χ1) is 9.04. The summed E-state index contributed by atoms with van der Waals surface area (Å²) in [6, 6.07) is 9.54. The molecule has 0 bridgehead atoms. The van der Waals surface area contributed by atoms with Gasteiger partial charge in [0.25, 0.3) is 5.91 Å². The molecule has 1 aromatic rings. The van der Waals surface area contributed by atoms with Gasteiger partial charge in [0.15, 0.2) is 0 Å². The fourth-order valence-electron chi connectivity index (χ4n) is 2.46. The second kappa shape index (κ2) is 5.60. The second-order valence-electron chi connectivity index (χ2n) is 5.83. The molecule has 0 fully saturated rings. The van der Waals surface area contributed by atoms with Gasteiger partial charge < -0.3 is 4.90 Å². The van der Waals surface area contributed by atoms with Crippen LogP contribution in [0.3, 0.4) is 0 Å². The van der Waals surface area contributed by atoms with Crippen LogP contribution in [-0.4, -0.2) is 23.9 Å². The van der Waals surface area contributed by atoms with Crippen molar-refractivity contribution < 1.29 is 4.79 Å². The minimum absolute atomic E-state index is 0.144. The van der Waals surface area contributed by atoms with Crippen LogP contribution in [0.5, 0.6) is 0 Å². The van der Waals surface area contributed by atoms with Gasteiger partial charge in [-0.25, -0.2) is 0 Å². The highest BCUT2D eigenvalue weighted by molar-refractivity contribution is 5.94. The summed E-state index contributed by atoms with van der Waals surface area (Å²) < 4.78 is 0. The third-order valence-corrected chi connectivity index (χ3v) is 4.27. The molecule has 102 valence electrons. The largest absolute Gasteiger partial charge is 0.335 e. The number of hydrogen-bond donors (Lipinski definition) is 0. The van der Waals surface area contributed by atoms with E-state index in [-0.39, 0.29) is 11.3 Å². The minimum Gasteiger partial charge on any atom is -0.335 e. The first-order valence-electron chi connectivity index (χ1n) is 7.08. The Morgan fingerprint density at radius 2 is 1.95 bits per heavy atom. The first kappa shape index (κ1) is 13.9. The number of nitrogens with zero attached hydrogens (tertiary/aromatic N) is 1. The molecule has 0 saturated carbocycles. The third kappa shape index (κ3) is 3.06. The molecule has 19 heavy (non-hydrogen) atoms. The maximum absolute atomic E-state index is 12.3. The molecule has 0 N–H and O–H groups in total. The Morgan fingerprint density at radius 3 is 2.47 bits per heavy atom. The Bertz CT molecular complexity index is 473. The summed E-state index contributed by atoms with van der Waals surface area (Å²) in [6.45, 7) is 8.37. The molecule has 0 unspecified atom stereocenters. The summed E-state index contributed by atoms with van der Waals surface area (Å²) in [7, 11) is 0. The van der Waals surface area contributed by atoms with Crippen LogP contribution in [0.15, 0.2) is 42.0 Å². The monoisotopic (exact) mass is 257 g/mol. The smallest absolute Gasteiger partial charge is 0.254 e. The van der Waals surface area contributed by atoms with E-state index in [4.69, 9.17) is 0 Å². The van der Waals surface area contributed by atoms with Gasteiger partial charge in [0, 0.05) is 18.7 Å². The van der Waals surface area contributed by atoms with Gasteiger partial charge in [-0.1, -0.05) is 50.6 Å². The van der Waals surface area contributed by atoms with Crippen molar-refractivity contribution >= 4 is 5.91 Å². The fraction of sp³-hybridized carbons (Fsp3) is 0.471. The van der Waals surface area contributed by atoms with E-state index in [1.165, 1.54) is 5.57 Å². The van der Waals surface area contributed by atoms with Crippen molar-refractivity contribution in [1.29, 1.82) is 0 Å². The van der Waals surface area contributed by atoms with Crippen molar-refractivity contribution in [2.45, 2.75) is 33.6 Å². The average molecular weight is 257 g/mol. The van der Waals surface area contributed by atoms with Crippen molar-refractivity contribution in [3.8, 4) is 0 Å². The summed E-state index contributed by atoms with van der Waals surface area (Å²) in [5, 5.41) is 0. The highest BCUT2D eigenvalue weighted by Crippen LogP contribution is 2.34. The first-order valence-corrected chi connectivity index (χ1v) is 7.08. The predicted molar refractivity (Wildman–Crippen MR) is 79.1 cm³/mol. The number of benzene rings is 1. The summed E-state index contributed by atoms with van der Waals surface area (Å²) in [4.78, 5) is 14.3. The molecule has 2 nitrogen and oxygen atoms in total. The van der Waals surface area contributed by atoms with Crippen LogP contribution >= 0.6 is 0 Å². The van der Waals surface area contributed by atoms with Gasteiger partial charge in [0.2, 0.25) is 0 Å². The molecule has 2 heteroatoms. The highest BCUT2D eigenvalue weighted by Gasteiger charge is 2.26. The lowest BCUT2D eigenvalue weighted by Gasteiger charge is -2.34. The molecule has 1 aromatic carbocycles. The van der Waals surface area contributed by atoms with E-state index in [9.17, 15) is 4.79 Å². The lowest BCUT2D eigenvalue weighted by Crippen LogP contribution is -2.36. The molecular formula is C17H23NO. The van der Waals surface area contributed by atoms with Crippen molar-refractivity contribution in [3.05, 3.63) is 47.5 Å². The molecule has 1 amide bonds. The van der Waals surface area contributed by atoms with Crippen LogP contribution in [0, 0.1) is 5.41 Å². The molecule has 0 aliphatic carbocycles. The van der Waals surface area contributed by atoms with Crippen LogP contribution in [0.4, 0.5) is 0 Å². The lowest BCUT2D eigenvalue weighted by molar-refractivity contribution is 0.0764. The minimum atomic E-state index is 0.144. The van der Waals surface area contributed by atoms with E-state index in [1.807, 2.05) is 35.2 Å². The van der Waals surface area contributed by atoms with Gasteiger partial charge >= 0.3 is 0 Å². The van der Waals surface area contributed by atoms with Gasteiger partial charge in [-0.2, -0.15) is 0 Å². The van der Waals surface area contributed by atoms with Crippen molar-refractivity contribution in [1.82, 2.24) is 4.90 Å². The van der Waals surface area contributed by atoms with Crippen molar-refractivity contribution in [2.24, 2.45) is 5.41 Å². The molecule has 0 saturated heterocycles. The van der Waals surface area contributed by atoms with E-state index < -0.39 is 0 Å². The number of rotatable bonds is 3. The summed E-state index contributed by atoms with van der Waals surface area (Å²) in [5.74, 6) is 0.144. The summed E-state index contributed by atoms with van der Waals surface area (Å²) in [6.07, 6.45) is 4.39. The third-order valence-electron chi connectivity index (χ3n) is 4.27. The maximum atomic E-state index is 12.3. The van der Waals surface area contributed by atoms with Crippen LogP contribution in [0.25, 0.3) is 0 Å². The van der Waals surface area contributed by atoms with Gasteiger partial charge in [-0.15, -0.1) is 0 Å². The second-order valence-corrected chi connectivity index (χ2v) is 5.83. The maximum Gasteiger partial charge on any atom is 0.254 e. The summed E-state index contributed by atoms with van der Waals surface area (Å²) in [5.41, 5.74) is 2.54. The number of amides is 1.